The van der Waals surface area contributed by atoms with Gasteiger partial charge in [-0.05, 0) is 25.5 Å². The van der Waals surface area contributed by atoms with Crippen LogP contribution in [-0.2, 0) is 0 Å². The van der Waals surface area contributed by atoms with Crippen molar-refractivity contribution in [2.45, 2.75) is 13.8 Å². The molecular formula is C15H8F5N3O. The third-order valence-corrected chi connectivity index (χ3v) is 3.22. The third-order valence-electron chi connectivity index (χ3n) is 3.22. The Hall–Kier alpha value is -3.02. The molecule has 0 saturated heterocycles. The summed E-state index contributed by atoms with van der Waals surface area (Å²) in [6, 6.07) is 3.07. The third kappa shape index (κ3) is 2.67. The molecule has 0 unspecified atom stereocenters. The number of aryl methyl sites for hydroxylation is 2. The molecule has 0 fully saturated rings. The smallest absolute Gasteiger partial charge is 0.266 e. The minimum atomic E-state index is -2.29. The second-order valence-electron chi connectivity index (χ2n) is 4.80. The van der Waals surface area contributed by atoms with Gasteiger partial charge in [0.25, 0.3) is 5.56 Å². The first kappa shape index (κ1) is 17.3. The van der Waals surface area contributed by atoms with Gasteiger partial charge in [0.05, 0.1) is 11.8 Å². The van der Waals surface area contributed by atoms with Crippen LogP contribution in [-0.4, -0.2) is 10.9 Å². The summed E-state index contributed by atoms with van der Waals surface area (Å²) in [4.78, 5) is 12.1. The van der Waals surface area contributed by atoms with E-state index < -0.39 is 40.2 Å². The average Bonchev–Trinajstić information content (AvgIpc) is 2.53. The lowest BCUT2D eigenvalue weighted by Gasteiger charge is -2.07. The van der Waals surface area contributed by atoms with Gasteiger partial charge in [0.2, 0.25) is 5.82 Å². The minimum absolute atomic E-state index is 0.205. The monoisotopic (exact) mass is 341 g/mol. The maximum atomic E-state index is 13.6. The van der Waals surface area contributed by atoms with E-state index in [-0.39, 0.29) is 11.3 Å². The number of nitrogens with zero attached hydrogens (tertiary/aromatic N) is 3. The Morgan fingerprint density at radius 2 is 1.54 bits per heavy atom. The summed E-state index contributed by atoms with van der Waals surface area (Å²) < 4.78 is 67.0. The molecule has 0 spiro atoms. The Morgan fingerprint density at radius 1 is 1.04 bits per heavy atom. The van der Waals surface area contributed by atoms with Gasteiger partial charge in [-0.2, -0.15) is 10.4 Å². The van der Waals surface area contributed by atoms with Crippen LogP contribution in [0.1, 0.15) is 22.4 Å². The van der Waals surface area contributed by atoms with E-state index >= 15 is 0 Å². The zero-order chi connectivity index (χ0) is 18.2. The van der Waals surface area contributed by atoms with Crippen LogP contribution in [0, 0.1) is 54.3 Å². The van der Waals surface area contributed by atoms with Gasteiger partial charge in [-0.1, -0.05) is 0 Å². The molecular weight excluding hydrogens is 333 g/mol. The van der Waals surface area contributed by atoms with Crippen LogP contribution in [0.25, 0.3) is 0 Å². The average molecular weight is 341 g/mol. The second-order valence-corrected chi connectivity index (χ2v) is 4.80. The van der Waals surface area contributed by atoms with Gasteiger partial charge in [0.1, 0.15) is 11.6 Å². The molecule has 0 radical (unpaired) electrons. The maximum Gasteiger partial charge on any atom is 0.289 e. The first-order valence-electron chi connectivity index (χ1n) is 6.39. The largest absolute Gasteiger partial charge is 0.289 e. The van der Waals surface area contributed by atoms with Crippen LogP contribution in [0.2, 0.25) is 0 Å². The molecule has 0 aliphatic carbocycles. The molecule has 0 aliphatic rings. The number of hydrogen-bond acceptors (Lipinski definition) is 3. The predicted molar refractivity (Wildman–Crippen MR) is 74.1 cm³/mol. The number of pyridine rings is 1. The Morgan fingerprint density at radius 3 is 2.04 bits per heavy atom. The molecule has 0 aliphatic heterocycles. The fourth-order valence-corrected chi connectivity index (χ4v) is 2.01. The summed E-state index contributed by atoms with van der Waals surface area (Å²) in [5.41, 5.74) is -1.86. The van der Waals surface area contributed by atoms with Crippen molar-refractivity contribution < 1.29 is 22.0 Å². The number of aromatic nitrogens is 1. The van der Waals surface area contributed by atoms with Crippen molar-refractivity contribution >= 4 is 6.21 Å². The summed E-state index contributed by atoms with van der Waals surface area (Å²) in [5.74, 6) is -10.7. The second kappa shape index (κ2) is 6.23. The zero-order valence-electron chi connectivity index (χ0n) is 12.3. The van der Waals surface area contributed by atoms with Gasteiger partial charge in [-0.15, -0.1) is 0 Å². The summed E-state index contributed by atoms with van der Waals surface area (Å²) in [7, 11) is 0. The topological polar surface area (TPSA) is 58.1 Å². The summed E-state index contributed by atoms with van der Waals surface area (Å²) in [6.45, 7) is 2.93. The standard InChI is InChI=1S/C15H8F5N3O/c1-6-3-7(2)23(15(24)8(6)4-21)22-5-9-10(16)12(18)14(20)13(19)11(9)17/h3,5H,1-2H3. The van der Waals surface area contributed by atoms with E-state index in [9.17, 15) is 26.7 Å². The first-order valence-corrected chi connectivity index (χ1v) is 6.39. The Balaban J connectivity index is 2.67. The maximum absolute atomic E-state index is 13.6. The SMILES string of the molecule is Cc1cc(C)n(N=Cc2c(F)c(F)c(F)c(F)c2F)c(=O)c1C#N. The lowest BCUT2D eigenvalue weighted by Crippen LogP contribution is -2.23. The molecule has 1 aromatic heterocycles. The highest BCUT2D eigenvalue weighted by Gasteiger charge is 2.24. The van der Waals surface area contributed by atoms with E-state index in [4.69, 9.17) is 5.26 Å². The Kier molecular flexibility index (Phi) is 4.50. The molecule has 0 saturated carbocycles. The van der Waals surface area contributed by atoms with Crippen molar-refractivity contribution in [1.82, 2.24) is 4.68 Å². The van der Waals surface area contributed by atoms with E-state index in [2.05, 4.69) is 5.10 Å². The van der Waals surface area contributed by atoms with E-state index in [1.165, 1.54) is 19.9 Å². The van der Waals surface area contributed by atoms with Crippen molar-refractivity contribution in [3.8, 4) is 6.07 Å². The van der Waals surface area contributed by atoms with Gasteiger partial charge >= 0.3 is 0 Å². The summed E-state index contributed by atoms with van der Waals surface area (Å²) >= 11 is 0. The lowest BCUT2D eigenvalue weighted by atomic mass is 10.1. The molecule has 0 N–H and O–H groups in total. The minimum Gasteiger partial charge on any atom is -0.266 e. The van der Waals surface area contributed by atoms with Crippen LogP contribution >= 0.6 is 0 Å². The fourth-order valence-electron chi connectivity index (χ4n) is 2.01. The normalized spacial score (nSPS) is 11.1. The molecule has 4 nitrogen and oxygen atoms in total. The number of rotatable bonds is 2. The van der Waals surface area contributed by atoms with E-state index in [0.717, 1.165) is 0 Å². The number of halogens is 5. The van der Waals surface area contributed by atoms with Crippen molar-refractivity contribution in [3.63, 3.8) is 0 Å². The molecule has 1 aromatic carbocycles. The molecule has 124 valence electrons. The van der Waals surface area contributed by atoms with Crippen LogP contribution in [0.3, 0.4) is 0 Å². The molecule has 0 bridgehead atoms. The van der Waals surface area contributed by atoms with Crippen LogP contribution in [0.5, 0.6) is 0 Å². The lowest BCUT2D eigenvalue weighted by molar-refractivity contribution is 0.377. The summed E-state index contributed by atoms with van der Waals surface area (Å²) in [6.07, 6.45) is 0.334. The highest BCUT2D eigenvalue weighted by Crippen LogP contribution is 2.21. The van der Waals surface area contributed by atoms with Gasteiger partial charge in [0.15, 0.2) is 23.3 Å². The molecule has 1 heterocycles. The van der Waals surface area contributed by atoms with Crippen molar-refractivity contribution in [2.24, 2.45) is 5.10 Å². The molecule has 24 heavy (non-hydrogen) atoms. The van der Waals surface area contributed by atoms with Crippen LogP contribution in [0.15, 0.2) is 16.0 Å². The van der Waals surface area contributed by atoms with E-state index in [1.54, 1.807) is 6.07 Å². The van der Waals surface area contributed by atoms with E-state index in [0.29, 0.717) is 16.5 Å². The van der Waals surface area contributed by atoms with Crippen LogP contribution < -0.4 is 5.56 Å². The molecule has 9 heteroatoms. The first-order chi connectivity index (χ1) is 11.2. The quantitative estimate of drug-likeness (QED) is 0.365. The Bertz CT molecular complexity index is 944. The fraction of sp³-hybridized carbons (Fsp3) is 0.133. The Labute approximate surface area is 132 Å². The molecule has 0 amide bonds. The highest BCUT2D eigenvalue weighted by molar-refractivity contribution is 5.80. The van der Waals surface area contributed by atoms with Gasteiger partial charge < -0.3 is 0 Å². The van der Waals surface area contributed by atoms with E-state index in [1.807, 2.05) is 0 Å². The van der Waals surface area contributed by atoms with Gasteiger partial charge in [0, 0.05) is 5.69 Å². The summed E-state index contributed by atoms with van der Waals surface area (Å²) in [5, 5.41) is 12.4. The van der Waals surface area contributed by atoms with Crippen LogP contribution in [0.4, 0.5) is 22.0 Å². The zero-order valence-corrected chi connectivity index (χ0v) is 12.3. The van der Waals surface area contributed by atoms with Gasteiger partial charge in [-0.25, -0.2) is 26.6 Å². The molecule has 2 rings (SSSR count). The highest BCUT2D eigenvalue weighted by atomic mass is 19.2. The van der Waals surface area contributed by atoms with Crippen molar-refractivity contribution in [3.05, 3.63) is 67.9 Å². The predicted octanol–water partition coefficient (Wildman–Crippen LogP) is 2.91. The van der Waals surface area contributed by atoms with Gasteiger partial charge in [-0.3, -0.25) is 4.79 Å². The number of benzene rings is 1. The molecule has 0 atom stereocenters. The number of nitriles is 1. The van der Waals surface area contributed by atoms with Crippen molar-refractivity contribution in [2.75, 3.05) is 0 Å². The van der Waals surface area contributed by atoms with Crippen molar-refractivity contribution in [1.29, 1.82) is 5.26 Å². The molecule has 2 aromatic rings. The number of hydrogen-bond donors (Lipinski definition) is 0.